The Balaban J connectivity index is 2.17. The molecule has 100 valence electrons. The van der Waals surface area contributed by atoms with Crippen molar-refractivity contribution in [3.63, 3.8) is 0 Å². The molecule has 2 rings (SSSR count). The molecule has 19 heavy (non-hydrogen) atoms. The molecule has 0 aliphatic heterocycles. The highest BCUT2D eigenvalue weighted by Crippen LogP contribution is 2.30. The van der Waals surface area contributed by atoms with Crippen LogP contribution < -0.4 is 0 Å². The monoisotopic (exact) mass is 320 g/mol. The molecule has 0 heterocycles. The van der Waals surface area contributed by atoms with Gasteiger partial charge in [0.05, 0.1) is 15.4 Å². The highest BCUT2D eigenvalue weighted by molar-refractivity contribution is 6.42. The molecule has 2 aromatic carbocycles. The van der Waals surface area contributed by atoms with Gasteiger partial charge in [-0.25, -0.2) is 8.78 Å². The Morgan fingerprint density at radius 2 is 1.63 bits per heavy atom. The van der Waals surface area contributed by atoms with Gasteiger partial charge in [0.2, 0.25) is 0 Å². The molecule has 1 atom stereocenters. The first-order valence-electron chi connectivity index (χ1n) is 5.50. The number of halogens is 5. The van der Waals surface area contributed by atoms with Crippen LogP contribution in [0.1, 0.15) is 16.5 Å². The molecule has 1 unspecified atom stereocenters. The minimum Gasteiger partial charge on any atom is -0.204 e. The maximum Gasteiger partial charge on any atom is 0.159 e. The zero-order valence-electron chi connectivity index (χ0n) is 9.64. The van der Waals surface area contributed by atoms with E-state index in [-0.39, 0.29) is 5.38 Å². The Morgan fingerprint density at radius 1 is 0.895 bits per heavy atom. The van der Waals surface area contributed by atoms with Gasteiger partial charge in [0.1, 0.15) is 0 Å². The molecule has 0 saturated carbocycles. The third-order valence-electron chi connectivity index (χ3n) is 2.70. The van der Waals surface area contributed by atoms with E-state index in [2.05, 4.69) is 0 Å². The molecule has 0 aliphatic rings. The van der Waals surface area contributed by atoms with Crippen molar-refractivity contribution in [3.05, 3.63) is 69.2 Å². The number of hydrogen-bond acceptors (Lipinski definition) is 0. The minimum absolute atomic E-state index is 0.372. The summed E-state index contributed by atoms with van der Waals surface area (Å²) in [5.74, 6) is -1.75. The van der Waals surface area contributed by atoms with Crippen molar-refractivity contribution in [2.45, 2.75) is 11.8 Å². The van der Waals surface area contributed by atoms with E-state index in [0.717, 1.165) is 17.7 Å². The Hall–Kier alpha value is -0.830. The molecule has 0 spiro atoms. The molecule has 0 radical (unpaired) electrons. The Labute approximate surface area is 124 Å². The summed E-state index contributed by atoms with van der Waals surface area (Å²) in [4.78, 5) is 0. The SMILES string of the molecule is Fc1ccc(CC(Cl)c2ccc(Cl)c(Cl)c2)cc1F. The highest BCUT2D eigenvalue weighted by Gasteiger charge is 2.12. The van der Waals surface area contributed by atoms with Crippen LogP contribution in [-0.4, -0.2) is 0 Å². The summed E-state index contributed by atoms with van der Waals surface area (Å²) in [6, 6.07) is 8.81. The van der Waals surface area contributed by atoms with Crippen LogP contribution in [0.4, 0.5) is 8.78 Å². The third-order valence-corrected chi connectivity index (χ3v) is 3.85. The van der Waals surface area contributed by atoms with Gasteiger partial charge in [-0.05, 0) is 41.8 Å². The maximum atomic E-state index is 13.1. The second kappa shape index (κ2) is 6.08. The normalized spacial score (nSPS) is 12.5. The van der Waals surface area contributed by atoms with Gasteiger partial charge in [-0.3, -0.25) is 0 Å². The largest absolute Gasteiger partial charge is 0.204 e. The lowest BCUT2D eigenvalue weighted by atomic mass is 10.0. The minimum atomic E-state index is -0.879. The topological polar surface area (TPSA) is 0 Å². The zero-order chi connectivity index (χ0) is 14.0. The number of alkyl halides is 1. The van der Waals surface area contributed by atoms with E-state index in [4.69, 9.17) is 34.8 Å². The van der Waals surface area contributed by atoms with Crippen molar-refractivity contribution in [1.82, 2.24) is 0 Å². The van der Waals surface area contributed by atoms with Crippen molar-refractivity contribution in [2.24, 2.45) is 0 Å². The van der Waals surface area contributed by atoms with Crippen molar-refractivity contribution in [2.75, 3.05) is 0 Å². The smallest absolute Gasteiger partial charge is 0.159 e. The molecular weight excluding hydrogens is 313 g/mol. The van der Waals surface area contributed by atoms with Gasteiger partial charge < -0.3 is 0 Å². The van der Waals surface area contributed by atoms with Crippen LogP contribution in [0.5, 0.6) is 0 Å². The fraction of sp³-hybridized carbons (Fsp3) is 0.143. The van der Waals surface area contributed by atoms with E-state index >= 15 is 0 Å². The second-order valence-electron chi connectivity index (χ2n) is 4.09. The van der Waals surface area contributed by atoms with E-state index in [1.165, 1.54) is 6.07 Å². The summed E-state index contributed by atoms with van der Waals surface area (Å²) < 4.78 is 25.9. The van der Waals surface area contributed by atoms with Crippen LogP contribution in [0.15, 0.2) is 36.4 Å². The molecule has 0 aliphatic carbocycles. The Morgan fingerprint density at radius 3 is 2.26 bits per heavy atom. The average molecular weight is 322 g/mol. The van der Waals surface area contributed by atoms with Gasteiger partial charge in [0.15, 0.2) is 11.6 Å². The standard InChI is InChI=1S/C14H9Cl3F2/c15-10-3-2-9(7-12(10)17)11(16)5-8-1-4-13(18)14(19)6-8/h1-4,6-7,11H,5H2. The zero-order valence-corrected chi connectivity index (χ0v) is 11.9. The van der Waals surface area contributed by atoms with Crippen LogP contribution in [0.2, 0.25) is 10.0 Å². The lowest BCUT2D eigenvalue weighted by Crippen LogP contribution is -1.97. The fourth-order valence-electron chi connectivity index (χ4n) is 1.70. The molecule has 0 nitrogen and oxygen atoms in total. The fourth-order valence-corrected chi connectivity index (χ4v) is 2.32. The van der Waals surface area contributed by atoms with Gasteiger partial charge in [0.25, 0.3) is 0 Å². The van der Waals surface area contributed by atoms with Crippen LogP contribution in [-0.2, 0) is 6.42 Å². The Kier molecular flexibility index (Phi) is 4.67. The number of rotatable bonds is 3. The summed E-state index contributed by atoms with van der Waals surface area (Å²) in [5.41, 5.74) is 1.39. The van der Waals surface area contributed by atoms with Gasteiger partial charge in [-0.2, -0.15) is 0 Å². The lowest BCUT2D eigenvalue weighted by Gasteiger charge is -2.11. The quantitative estimate of drug-likeness (QED) is 0.627. The van der Waals surface area contributed by atoms with Crippen molar-refractivity contribution < 1.29 is 8.78 Å². The van der Waals surface area contributed by atoms with Gasteiger partial charge >= 0.3 is 0 Å². The highest BCUT2D eigenvalue weighted by atomic mass is 35.5. The molecule has 5 heteroatoms. The predicted octanol–water partition coefficient (Wildman–Crippen LogP) is 5.79. The van der Waals surface area contributed by atoms with E-state index in [1.807, 2.05) is 0 Å². The Bertz CT molecular complexity index is 599. The molecule has 2 aromatic rings. The van der Waals surface area contributed by atoms with Crippen molar-refractivity contribution >= 4 is 34.8 Å². The first kappa shape index (κ1) is 14.6. The summed E-state index contributed by atoms with van der Waals surface area (Å²) >= 11 is 18.0. The van der Waals surface area contributed by atoms with Crippen LogP contribution >= 0.6 is 34.8 Å². The van der Waals surface area contributed by atoms with E-state index in [1.54, 1.807) is 18.2 Å². The first-order chi connectivity index (χ1) is 8.97. The first-order valence-corrected chi connectivity index (χ1v) is 6.69. The van der Waals surface area contributed by atoms with Crippen molar-refractivity contribution in [3.8, 4) is 0 Å². The molecular formula is C14H9Cl3F2. The third kappa shape index (κ3) is 3.59. The molecule has 0 aromatic heterocycles. The molecule has 0 N–H and O–H groups in total. The predicted molar refractivity (Wildman–Crippen MR) is 75.1 cm³/mol. The van der Waals surface area contributed by atoms with Gasteiger partial charge in [0, 0.05) is 0 Å². The van der Waals surface area contributed by atoms with E-state index < -0.39 is 11.6 Å². The molecule has 0 bridgehead atoms. The maximum absolute atomic E-state index is 13.1. The lowest BCUT2D eigenvalue weighted by molar-refractivity contribution is 0.507. The summed E-state index contributed by atoms with van der Waals surface area (Å²) in [5, 5.41) is 0.469. The van der Waals surface area contributed by atoms with Crippen LogP contribution in [0.3, 0.4) is 0 Å². The van der Waals surface area contributed by atoms with Crippen molar-refractivity contribution in [1.29, 1.82) is 0 Å². The average Bonchev–Trinajstić information content (AvgIpc) is 2.37. The number of hydrogen-bond donors (Lipinski definition) is 0. The van der Waals surface area contributed by atoms with Gasteiger partial charge in [-0.1, -0.05) is 35.3 Å². The molecule has 0 amide bonds. The summed E-state index contributed by atoms with van der Waals surface area (Å²) in [6.45, 7) is 0. The molecule has 0 fully saturated rings. The summed E-state index contributed by atoms with van der Waals surface area (Å²) in [6.07, 6.45) is 0.372. The van der Waals surface area contributed by atoms with E-state index in [0.29, 0.717) is 22.0 Å². The number of benzene rings is 2. The van der Waals surface area contributed by atoms with Crippen LogP contribution in [0, 0.1) is 11.6 Å². The second-order valence-corrected chi connectivity index (χ2v) is 5.43. The van der Waals surface area contributed by atoms with Gasteiger partial charge in [-0.15, -0.1) is 11.6 Å². The van der Waals surface area contributed by atoms with E-state index in [9.17, 15) is 8.78 Å². The van der Waals surface area contributed by atoms with Crippen LogP contribution in [0.25, 0.3) is 0 Å². The summed E-state index contributed by atoms with van der Waals surface area (Å²) in [7, 11) is 0. The molecule has 0 saturated heterocycles.